The second-order valence-corrected chi connectivity index (χ2v) is 2.79. The molecule has 0 aliphatic carbocycles. The fourth-order valence-electron chi connectivity index (χ4n) is 0.481. The van der Waals surface area contributed by atoms with Crippen LogP contribution in [-0.4, -0.2) is 17.9 Å². The summed E-state index contributed by atoms with van der Waals surface area (Å²) >= 11 is -1.62. The Labute approximate surface area is 69.0 Å². The van der Waals surface area contributed by atoms with Crippen LogP contribution < -0.4 is 0 Å². The molecule has 0 aromatic heterocycles. The van der Waals surface area contributed by atoms with Crippen molar-refractivity contribution in [3.05, 3.63) is 0 Å². The summed E-state index contributed by atoms with van der Waals surface area (Å²) in [6.07, 6.45) is 2.03. The van der Waals surface area contributed by atoms with E-state index >= 15 is 0 Å². The van der Waals surface area contributed by atoms with Gasteiger partial charge in [0.2, 0.25) is 0 Å². The first kappa shape index (κ1) is 10.6. The predicted octanol–water partition coefficient (Wildman–Crippen LogP) is 0.922. The molecule has 0 aliphatic heterocycles. The zero-order chi connectivity index (χ0) is 8.53. The predicted molar refractivity (Wildman–Crippen MR) is 40.6 cm³/mol. The van der Waals surface area contributed by atoms with Gasteiger partial charge in [-0.1, -0.05) is 0 Å². The minimum absolute atomic E-state index is 0.377. The average Bonchev–Trinajstić information content (AvgIpc) is 2.04. The monoisotopic (exact) mass is 177 g/mol. The molecule has 0 heterocycles. The van der Waals surface area contributed by atoms with Gasteiger partial charge in [0.15, 0.2) is 0 Å². The molecule has 4 nitrogen and oxygen atoms in total. The minimum atomic E-state index is -1.62. The standard InChI is InChI=1S/C6H11NO3S/c1-9-11(8)10-6-4-2-3-5-7/h2-4,6H2,1H3. The average molecular weight is 177 g/mol. The lowest BCUT2D eigenvalue weighted by molar-refractivity contribution is 0.276. The third kappa shape index (κ3) is 7.46. The van der Waals surface area contributed by atoms with Crippen molar-refractivity contribution < 1.29 is 12.6 Å². The molecule has 0 aliphatic rings. The van der Waals surface area contributed by atoms with E-state index in [1.165, 1.54) is 7.11 Å². The molecule has 0 saturated heterocycles. The van der Waals surface area contributed by atoms with Crippen LogP contribution in [0, 0.1) is 11.3 Å². The van der Waals surface area contributed by atoms with E-state index in [-0.39, 0.29) is 0 Å². The maximum atomic E-state index is 10.4. The van der Waals surface area contributed by atoms with E-state index in [1.54, 1.807) is 0 Å². The molecule has 0 fully saturated rings. The van der Waals surface area contributed by atoms with Gasteiger partial charge in [-0.3, -0.25) is 8.37 Å². The van der Waals surface area contributed by atoms with Gasteiger partial charge in [-0.2, -0.15) is 9.47 Å². The normalized spacial score (nSPS) is 12.4. The van der Waals surface area contributed by atoms with Gasteiger partial charge in [0.1, 0.15) is 0 Å². The summed E-state index contributed by atoms with van der Waals surface area (Å²) in [5.74, 6) is 0. The molecule has 0 bridgehead atoms. The fraction of sp³-hybridized carbons (Fsp3) is 0.833. The molecule has 1 atom stereocenters. The van der Waals surface area contributed by atoms with Crippen LogP contribution in [0.1, 0.15) is 19.3 Å². The molecule has 11 heavy (non-hydrogen) atoms. The Balaban J connectivity index is 3.03. The molecule has 0 aromatic rings. The SMILES string of the molecule is COS(=O)OCCCCC#N. The van der Waals surface area contributed by atoms with E-state index in [4.69, 9.17) is 5.26 Å². The highest BCUT2D eigenvalue weighted by molar-refractivity contribution is 7.75. The van der Waals surface area contributed by atoms with E-state index in [9.17, 15) is 4.21 Å². The number of rotatable bonds is 6. The van der Waals surface area contributed by atoms with Crippen LogP contribution in [0.5, 0.6) is 0 Å². The number of nitriles is 1. The third-order valence-electron chi connectivity index (χ3n) is 0.999. The minimum Gasteiger partial charge on any atom is -0.272 e. The van der Waals surface area contributed by atoms with Crippen molar-refractivity contribution in [2.45, 2.75) is 19.3 Å². The molecule has 0 N–H and O–H groups in total. The van der Waals surface area contributed by atoms with Crippen molar-refractivity contribution in [1.29, 1.82) is 5.26 Å². The smallest absolute Gasteiger partial charge is 0.272 e. The summed E-state index contributed by atoms with van der Waals surface area (Å²) in [5, 5.41) is 8.15. The first-order valence-electron chi connectivity index (χ1n) is 3.27. The van der Waals surface area contributed by atoms with Crippen molar-refractivity contribution in [3.8, 4) is 6.07 Å². The summed E-state index contributed by atoms with van der Waals surface area (Å²) in [4.78, 5) is 0. The van der Waals surface area contributed by atoms with Gasteiger partial charge >= 0.3 is 11.4 Å². The lowest BCUT2D eigenvalue weighted by atomic mass is 10.3. The number of hydrogen-bond acceptors (Lipinski definition) is 4. The van der Waals surface area contributed by atoms with Crippen LogP contribution in [-0.2, 0) is 19.7 Å². The van der Waals surface area contributed by atoms with Gasteiger partial charge < -0.3 is 0 Å². The highest BCUT2D eigenvalue weighted by Gasteiger charge is 1.95. The summed E-state index contributed by atoms with van der Waals surface area (Å²) < 4.78 is 19.5. The van der Waals surface area contributed by atoms with E-state index in [1.807, 2.05) is 6.07 Å². The molecule has 64 valence electrons. The topological polar surface area (TPSA) is 59.3 Å². The molecular weight excluding hydrogens is 166 g/mol. The summed E-state index contributed by atoms with van der Waals surface area (Å²) in [6, 6.07) is 2.01. The van der Waals surface area contributed by atoms with Gasteiger partial charge in [0.25, 0.3) is 0 Å². The fourth-order valence-corrected chi connectivity index (χ4v) is 0.831. The molecular formula is C6H11NO3S. The summed E-state index contributed by atoms with van der Waals surface area (Å²) in [5.41, 5.74) is 0. The van der Waals surface area contributed by atoms with Crippen molar-refractivity contribution in [1.82, 2.24) is 0 Å². The van der Waals surface area contributed by atoms with Gasteiger partial charge in [-0.25, -0.2) is 0 Å². The second-order valence-electron chi connectivity index (χ2n) is 1.81. The van der Waals surface area contributed by atoms with Crippen LogP contribution in [0.2, 0.25) is 0 Å². The lowest BCUT2D eigenvalue weighted by Crippen LogP contribution is -2.00. The Hall–Kier alpha value is -0.440. The molecule has 0 rings (SSSR count). The largest absolute Gasteiger partial charge is 0.304 e. The first-order valence-corrected chi connectivity index (χ1v) is 4.27. The van der Waals surface area contributed by atoms with E-state index < -0.39 is 11.4 Å². The van der Waals surface area contributed by atoms with E-state index in [0.29, 0.717) is 13.0 Å². The van der Waals surface area contributed by atoms with E-state index in [2.05, 4.69) is 8.37 Å². The highest BCUT2D eigenvalue weighted by Crippen LogP contribution is 1.95. The Morgan fingerprint density at radius 3 is 2.82 bits per heavy atom. The van der Waals surface area contributed by atoms with Crippen molar-refractivity contribution >= 4 is 11.4 Å². The number of hydrogen-bond donors (Lipinski definition) is 0. The Bertz CT molecular complexity index is 154. The Kier molecular flexibility index (Phi) is 7.36. The second kappa shape index (κ2) is 7.66. The molecule has 1 unspecified atom stereocenters. The van der Waals surface area contributed by atoms with Gasteiger partial charge in [0.05, 0.1) is 19.8 Å². The van der Waals surface area contributed by atoms with Crippen molar-refractivity contribution in [2.75, 3.05) is 13.7 Å². The highest BCUT2D eigenvalue weighted by atomic mass is 32.2. The lowest BCUT2D eigenvalue weighted by Gasteiger charge is -1.97. The first-order chi connectivity index (χ1) is 5.31. The van der Waals surface area contributed by atoms with Crippen LogP contribution in [0.25, 0.3) is 0 Å². The molecule has 0 saturated carbocycles. The molecule has 0 radical (unpaired) electrons. The number of nitrogens with zero attached hydrogens (tertiary/aromatic N) is 1. The molecule has 0 aromatic carbocycles. The summed E-state index contributed by atoms with van der Waals surface area (Å²) in [7, 11) is 1.31. The van der Waals surface area contributed by atoms with E-state index in [0.717, 1.165) is 12.8 Å². The van der Waals surface area contributed by atoms with Crippen LogP contribution >= 0.6 is 0 Å². The third-order valence-corrected chi connectivity index (χ3v) is 1.63. The van der Waals surface area contributed by atoms with Crippen molar-refractivity contribution in [3.63, 3.8) is 0 Å². The zero-order valence-electron chi connectivity index (χ0n) is 6.41. The Morgan fingerprint density at radius 2 is 2.27 bits per heavy atom. The van der Waals surface area contributed by atoms with Crippen LogP contribution in [0.15, 0.2) is 0 Å². The number of unbranched alkanes of at least 4 members (excludes halogenated alkanes) is 2. The quantitative estimate of drug-likeness (QED) is 0.566. The van der Waals surface area contributed by atoms with Gasteiger partial charge in [-0.15, -0.1) is 0 Å². The maximum absolute atomic E-state index is 10.4. The summed E-state index contributed by atoms with van der Waals surface area (Å²) in [6.45, 7) is 0.377. The van der Waals surface area contributed by atoms with Gasteiger partial charge in [-0.05, 0) is 12.8 Å². The van der Waals surface area contributed by atoms with Gasteiger partial charge in [0, 0.05) is 6.42 Å². The molecule has 0 amide bonds. The molecule has 0 spiro atoms. The molecule has 5 heteroatoms. The van der Waals surface area contributed by atoms with Crippen LogP contribution in [0.3, 0.4) is 0 Å². The Morgan fingerprint density at radius 1 is 1.55 bits per heavy atom. The van der Waals surface area contributed by atoms with Crippen LogP contribution in [0.4, 0.5) is 0 Å². The van der Waals surface area contributed by atoms with Crippen molar-refractivity contribution in [2.24, 2.45) is 0 Å². The maximum Gasteiger partial charge on any atom is 0.304 e. The zero-order valence-corrected chi connectivity index (χ0v) is 7.23.